The molecular weight excluding hydrogens is 266 g/mol. The van der Waals surface area contributed by atoms with Crippen molar-refractivity contribution in [2.24, 2.45) is 0 Å². The zero-order valence-electron chi connectivity index (χ0n) is 12.0. The minimum Gasteiger partial charge on any atom is -0.480 e. The molecule has 7 heteroatoms. The van der Waals surface area contributed by atoms with Crippen LogP contribution in [0.25, 0.3) is 0 Å². The van der Waals surface area contributed by atoms with Gasteiger partial charge in [0, 0.05) is 13.0 Å². The predicted octanol–water partition coefficient (Wildman–Crippen LogP) is 0.368. The summed E-state index contributed by atoms with van der Waals surface area (Å²) < 4.78 is 10.2. The Labute approximate surface area is 118 Å². The molecule has 0 radical (unpaired) electrons. The van der Waals surface area contributed by atoms with Gasteiger partial charge in [0.2, 0.25) is 5.91 Å². The predicted molar refractivity (Wildman–Crippen MR) is 71.4 cm³/mol. The summed E-state index contributed by atoms with van der Waals surface area (Å²) in [6.07, 6.45) is 1.11. The number of nitrogens with one attached hydrogen (secondary N) is 1. The largest absolute Gasteiger partial charge is 0.480 e. The molecule has 0 rings (SSSR count). The average molecular weight is 289 g/mol. The molecule has 0 spiro atoms. The highest BCUT2D eigenvalue weighted by atomic mass is 16.5. The van der Waals surface area contributed by atoms with Crippen LogP contribution in [0.5, 0.6) is 0 Å². The van der Waals surface area contributed by atoms with Crippen molar-refractivity contribution in [1.29, 1.82) is 0 Å². The summed E-state index contributed by atoms with van der Waals surface area (Å²) >= 11 is 0. The van der Waals surface area contributed by atoms with Gasteiger partial charge in [-0.25, -0.2) is 4.79 Å². The number of amides is 1. The minimum absolute atomic E-state index is 0.0794. The fourth-order valence-corrected chi connectivity index (χ4v) is 1.37. The number of carbonyl (C=O) groups is 3. The molecule has 0 heterocycles. The first-order valence-corrected chi connectivity index (χ1v) is 6.64. The van der Waals surface area contributed by atoms with E-state index in [2.05, 4.69) is 5.32 Å². The summed E-state index contributed by atoms with van der Waals surface area (Å²) in [4.78, 5) is 33.2. The van der Waals surface area contributed by atoms with Gasteiger partial charge >= 0.3 is 5.97 Å². The van der Waals surface area contributed by atoms with Crippen molar-refractivity contribution >= 4 is 17.7 Å². The van der Waals surface area contributed by atoms with Gasteiger partial charge in [0.25, 0.3) is 0 Å². The van der Waals surface area contributed by atoms with Gasteiger partial charge in [-0.1, -0.05) is 6.92 Å². The molecule has 0 fully saturated rings. The van der Waals surface area contributed by atoms with Crippen LogP contribution in [0.4, 0.5) is 0 Å². The monoisotopic (exact) mass is 289 g/mol. The van der Waals surface area contributed by atoms with Gasteiger partial charge in [0.1, 0.15) is 18.4 Å². The van der Waals surface area contributed by atoms with E-state index < -0.39 is 17.9 Å². The lowest BCUT2D eigenvalue weighted by atomic mass is 10.1. The molecule has 0 aromatic rings. The molecule has 0 bridgehead atoms. The first kappa shape index (κ1) is 18.5. The second kappa shape index (κ2) is 11.4. The number of ketones is 1. The molecule has 0 aliphatic heterocycles. The van der Waals surface area contributed by atoms with Crippen molar-refractivity contribution in [3.63, 3.8) is 0 Å². The lowest BCUT2D eigenvalue weighted by Crippen LogP contribution is -2.42. The van der Waals surface area contributed by atoms with Gasteiger partial charge in [0.05, 0.1) is 13.2 Å². The number of aliphatic carboxylic acids is 1. The van der Waals surface area contributed by atoms with Gasteiger partial charge in [-0.2, -0.15) is 0 Å². The normalized spacial score (nSPS) is 11.9. The summed E-state index contributed by atoms with van der Waals surface area (Å²) in [5.74, 6) is -1.79. The third-order valence-electron chi connectivity index (χ3n) is 2.37. The van der Waals surface area contributed by atoms with Crippen molar-refractivity contribution in [2.45, 2.75) is 39.2 Å². The van der Waals surface area contributed by atoms with E-state index in [4.69, 9.17) is 14.6 Å². The van der Waals surface area contributed by atoms with Crippen LogP contribution < -0.4 is 5.32 Å². The number of carboxylic acid groups (broad SMARTS) is 1. The molecule has 0 unspecified atom stereocenters. The van der Waals surface area contributed by atoms with Crippen LogP contribution in [0, 0.1) is 0 Å². The molecule has 0 aliphatic rings. The van der Waals surface area contributed by atoms with Crippen molar-refractivity contribution in [2.75, 3.05) is 26.4 Å². The SMILES string of the molecule is CCCOCCOCC(=O)N[C@@H](CCC(C)=O)C(=O)O. The number of carboxylic acids is 1. The first-order valence-electron chi connectivity index (χ1n) is 6.64. The molecule has 0 aromatic carbocycles. The Bertz CT molecular complexity index is 318. The maximum atomic E-state index is 11.5. The fourth-order valence-electron chi connectivity index (χ4n) is 1.37. The Morgan fingerprint density at radius 2 is 1.80 bits per heavy atom. The third-order valence-corrected chi connectivity index (χ3v) is 2.37. The van der Waals surface area contributed by atoms with Gasteiger partial charge in [-0.3, -0.25) is 4.79 Å². The fraction of sp³-hybridized carbons (Fsp3) is 0.769. The standard InChI is InChI=1S/C13H23NO6/c1-3-6-19-7-8-20-9-12(16)14-11(13(17)18)5-4-10(2)15/h11H,3-9H2,1-2H3,(H,14,16)(H,17,18)/t11-/m0/s1. The Hall–Kier alpha value is -1.47. The average Bonchev–Trinajstić information content (AvgIpc) is 2.38. The highest BCUT2D eigenvalue weighted by Gasteiger charge is 2.20. The van der Waals surface area contributed by atoms with E-state index in [9.17, 15) is 14.4 Å². The lowest BCUT2D eigenvalue weighted by Gasteiger charge is -2.13. The van der Waals surface area contributed by atoms with Crippen LogP contribution in [0.3, 0.4) is 0 Å². The van der Waals surface area contributed by atoms with Crippen LogP contribution in [-0.4, -0.2) is 55.2 Å². The molecule has 2 N–H and O–H groups in total. The molecule has 0 aromatic heterocycles. The third kappa shape index (κ3) is 10.5. The minimum atomic E-state index is -1.16. The van der Waals surface area contributed by atoms with Crippen LogP contribution >= 0.6 is 0 Å². The first-order chi connectivity index (χ1) is 9.47. The smallest absolute Gasteiger partial charge is 0.326 e. The molecule has 1 atom stereocenters. The zero-order chi connectivity index (χ0) is 15.4. The van der Waals surface area contributed by atoms with E-state index in [1.165, 1.54) is 6.92 Å². The topological polar surface area (TPSA) is 102 Å². The Morgan fingerprint density at radius 1 is 1.15 bits per heavy atom. The molecule has 1 amide bonds. The highest BCUT2D eigenvalue weighted by molar-refractivity contribution is 5.85. The molecule has 20 heavy (non-hydrogen) atoms. The second-order valence-electron chi connectivity index (χ2n) is 4.36. The molecule has 0 saturated heterocycles. The maximum absolute atomic E-state index is 11.5. The molecule has 0 saturated carbocycles. The zero-order valence-corrected chi connectivity index (χ0v) is 12.0. The Balaban J connectivity index is 3.84. The summed E-state index contributed by atoms with van der Waals surface area (Å²) in [5.41, 5.74) is 0. The number of hydrogen-bond donors (Lipinski definition) is 2. The molecule has 116 valence electrons. The number of hydrogen-bond acceptors (Lipinski definition) is 5. The number of rotatable bonds is 12. The maximum Gasteiger partial charge on any atom is 0.326 e. The van der Waals surface area contributed by atoms with Gasteiger partial charge in [-0.05, 0) is 19.8 Å². The summed E-state index contributed by atoms with van der Waals surface area (Å²) in [6.45, 7) is 4.45. The van der Waals surface area contributed by atoms with Crippen LogP contribution in [-0.2, 0) is 23.9 Å². The summed E-state index contributed by atoms with van der Waals surface area (Å²) in [7, 11) is 0. The number of Topliss-reactive ketones (excluding diaryl/α,β-unsaturated/α-hetero) is 1. The van der Waals surface area contributed by atoms with E-state index in [-0.39, 0.29) is 31.8 Å². The van der Waals surface area contributed by atoms with Crippen LogP contribution in [0.1, 0.15) is 33.1 Å². The van der Waals surface area contributed by atoms with Crippen LogP contribution in [0.2, 0.25) is 0 Å². The Morgan fingerprint density at radius 3 is 2.35 bits per heavy atom. The number of ether oxygens (including phenoxy) is 2. The highest BCUT2D eigenvalue weighted by Crippen LogP contribution is 1.99. The quantitative estimate of drug-likeness (QED) is 0.503. The van der Waals surface area contributed by atoms with Gasteiger partial charge in [-0.15, -0.1) is 0 Å². The number of carbonyl (C=O) groups excluding carboxylic acids is 2. The molecule has 0 aliphatic carbocycles. The van der Waals surface area contributed by atoms with E-state index >= 15 is 0 Å². The van der Waals surface area contributed by atoms with E-state index in [0.717, 1.165) is 6.42 Å². The second-order valence-corrected chi connectivity index (χ2v) is 4.36. The van der Waals surface area contributed by atoms with Crippen molar-refractivity contribution in [1.82, 2.24) is 5.32 Å². The van der Waals surface area contributed by atoms with E-state index in [0.29, 0.717) is 13.2 Å². The van der Waals surface area contributed by atoms with Crippen LogP contribution in [0.15, 0.2) is 0 Å². The van der Waals surface area contributed by atoms with Crippen molar-refractivity contribution in [3.8, 4) is 0 Å². The van der Waals surface area contributed by atoms with Crippen molar-refractivity contribution < 1.29 is 29.0 Å². The van der Waals surface area contributed by atoms with E-state index in [1.54, 1.807) is 0 Å². The van der Waals surface area contributed by atoms with E-state index in [1.807, 2.05) is 6.92 Å². The summed E-state index contributed by atoms with van der Waals surface area (Å²) in [5, 5.41) is 11.2. The molecule has 7 nitrogen and oxygen atoms in total. The van der Waals surface area contributed by atoms with Gasteiger partial charge in [0.15, 0.2) is 0 Å². The molecular formula is C13H23NO6. The van der Waals surface area contributed by atoms with Crippen molar-refractivity contribution in [3.05, 3.63) is 0 Å². The van der Waals surface area contributed by atoms with Gasteiger partial charge < -0.3 is 24.7 Å². The lowest BCUT2D eigenvalue weighted by molar-refractivity contribution is -0.143. The Kier molecular flexibility index (Phi) is 10.5. The summed E-state index contributed by atoms with van der Waals surface area (Å²) in [6, 6.07) is -1.06.